The Morgan fingerprint density at radius 2 is 2.20 bits per heavy atom. The molecule has 1 aliphatic heterocycles. The Hall–Kier alpha value is -3.22. The van der Waals surface area contributed by atoms with E-state index in [1.54, 1.807) is 29.6 Å². The lowest BCUT2D eigenvalue weighted by atomic mass is 10.1. The molecule has 0 radical (unpaired) electrons. The van der Waals surface area contributed by atoms with Crippen LogP contribution in [0.15, 0.2) is 55.2 Å². The highest BCUT2D eigenvalue weighted by atomic mass is 16.5. The summed E-state index contributed by atoms with van der Waals surface area (Å²) >= 11 is 0. The summed E-state index contributed by atoms with van der Waals surface area (Å²) in [6.07, 6.45) is 5.40. The first-order chi connectivity index (χ1) is 12.3. The Morgan fingerprint density at radius 3 is 3.00 bits per heavy atom. The fraction of sp³-hybridized carbons (Fsp3) is 0.222. The van der Waals surface area contributed by atoms with Crippen LogP contribution in [-0.2, 0) is 0 Å². The van der Waals surface area contributed by atoms with Crippen LogP contribution in [0, 0.1) is 0 Å². The van der Waals surface area contributed by atoms with Gasteiger partial charge in [0, 0.05) is 11.8 Å². The minimum absolute atomic E-state index is 0.0181. The van der Waals surface area contributed by atoms with Crippen LogP contribution in [0.4, 0.5) is 5.69 Å². The number of hydrogen-bond donors (Lipinski definition) is 0. The van der Waals surface area contributed by atoms with Crippen molar-refractivity contribution in [3.63, 3.8) is 0 Å². The second kappa shape index (κ2) is 6.35. The molecule has 0 aliphatic carbocycles. The van der Waals surface area contributed by atoms with Gasteiger partial charge in [-0.25, -0.2) is 14.6 Å². The minimum Gasteiger partial charge on any atom is -0.486 e. The van der Waals surface area contributed by atoms with Crippen molar-refractivity contribution in [2.45, 2.75) is 19.4 Å². The number of fused-ring (bicyclic) bond motifs is 1. The second-order valence-corrected chi connectivity index (χ2v) is 5.77. The second-order valence-electron chi connectivity index (χ2n) is 5.77. The summed E-state index contributed by atoms with van der Waals surface area (Å²) in [6, 6.07) is 11.0. The molecule has 3 aromatic rings. The fourth-order valence-corrected chi connectivity index (χ4v) is 2.86. The van der Waals surface area contributed by atoms with E-state index in [1.807, 2.05) is 24.3 Å². The van der Waals surface area contributed by atoms with E-state index in [4.69, 9.17) is 4.74 Å². The summed E-state index contributed by atoms with van der Waals surface area (Å²) in [6.45, 7) is 2.57. The van der Waals surface area contributed by atoms with Gasteiger partial charge in [0.2, 0.25) is 0 Å². The normalized spacial score (nSPS) is 16.2. The van der Waals surface area contributed by atoms with E-state index in [0.717, 1.165) is 17.9 Å². The molecular weight excluding hydrogens is 318 g/mol. The zero-order chi connectivity index (χ0) is 17.2. The number of ether oxygens (including phenoxy) is 1. The highest BCUT2D eigenvalue weighted by Crippen LogP contribution is 2.34. The standard InChI is InChI=1S/C18H17N5O2/c1-2-14-10-22(15-5-3-4-6-16(15)25-14)18(24)13-7-8-20-17(9-13)23-12-19-11-21-23/h3-9,11-12,14H,2,10H2,1H3/t14-/m1/s1. The molecule has 7 nitrogen and oxygen atoms in total. The van der Waals surface area contributed by atoms with Gasteiger partial charge >= 0.3 is 0 Å². The van der Waals surface area contributed by atoms with Gasteiger partial charge in [0.25, 0.3) is 5.91 Å². The lowest BCUT2D eigenvalue weighted by Gasteiger charge is -2.34. The number of amides is 1. The maximum atomic E-state index is 13.1. The number of hydrogen-bond acceptors (Lipinski definition) is 5. The Morgan fingerprint density at radius 1 is 1.32 bits per heavy atom. The molecule has 0 N–H and O–H groups in total. The number of para-hydroxylation sites is 2. The number of anilines is 1. The molecular formula is C18H17N5O2. The number of aromatic nitrogens is 4. The molecule has 0 saturated heterocycles. The molecule has 25 heavy (non-hydrogen) atoms. The van der Waals surface area contributed by atoms with Crippen molar-refractivity contribution in [2.75, 3.05) is 11.4 Å². The molecule has 2 aromatic heterocycles. The lowest BCUT2D eigenvalue weighted by molar-refractivity contribution is 0.0954. The summed E-state index contributed by atoms with van der Waals surface area (Å²) in [5.41, 5.74) is 1.34. The van der Waals surface area contributed by atoms with E-state index in [2.05, 4.69) is 22.0 Å². The van der Waals surface area contributed by atoms with E-state index in [0.29, 0.717) is 17.9 Å². The van der Waals surface area contributed by atoms with E-state index < -0.39 is 0 Å². The van der Waals surface area contributed by atoms with Gasteiger partial charge in [-0.2, -0.15) is 5.10 Å². The van der Waals surface area contributed by atoms with E-state index in [-0.39, 0.29) is 12.0 Å². The van der Waals surface area contributed by atoms with Crippen molar-refractivity contribution in [3.05, 3.63) is 60.8 Å². The van der Waals surface area contributed by atoms with Crippen LogP contribution >= 0.6 is 0 Å². The molecule has 7 heteroatoms. The van der Waals surface area contributed by atoms with Crippen molar-refractivity contribution >= 4 is 11.6 Å². The van der Waals surface area contributed by atoms with Gasteiger partial charge in [-0.3, -0.25) is 4.79 Å². The van der Waals surface area contributed by atoms with Crippen LogP contribution in [0.3, 0.4) is 0 Å². The predicted octanol–water partition coefficient (Wildman–Crippen LogP) is 2.48. The largest absolute Gasteiger partial charge is 0.486 e. The first kappa shape index (κ1) is 15.3. The average molecular weight is 335 g/mol. The van der Waals surface area contributed by atoms with Gasteiger partial charge in [-0.1, -0.05) is 19.1 Å². The predicted molar refractivity (Wildman–Crippen MR) is 92.0 cm³/mol. The number of carbonyl (C=O) groups is 1. The number of nitrogens with zero attached hydrogens (tertiary/aromatic N) is 5. The SMILES string of the molecule is CC[C@@H]1CN(C(=O)c2ccnc(-n3cncn3)c2)c2ccccc2O1. The number of benzene rings is 1. The minimum atomic E-state index is -0.0852. The molecule has 126 valence electrons. The number of rotatable bonds is 3. The Bertz CT molecular complexity index is 894. The average Bonchev–Trinajstić information content (AvgIpc) is 3.21. The molecule has 1 amide bonds. The molecule has 0 saturated carbocycles. The summed E-state index contributed by atoms with van der Waals surface area (Å²) in [7, 11) is 0. The van der Waals surface area contributed by atoms with Gasteiger partial charge in [-0.05, 0) is 30.7 Å². The van der Waals surface area contributed by atoms with E-state index >= 15 is 0 Å². The highest BCUT2D eigenvalue weighted by Gasteiger charge is 2.29. The van der Waals surface area contributed by atoms with Crippen molar-refractivity contribution in [3.8, 4) is 11.6 Å². The Balaban J connectivity index is 1.70. The topological polar surface area (TPSA) is 73.1 Å². The third-order valence-electron chi connectivity index (χ3n) is 4.18. The van der Waals surface area contributed by atoms with Crippen LogP contribution < -0.4 is 9.64 Å². The smallest absolute Gasteiger partial charge is 0.258 e. The van der Waals surface area contributed by atoms with E-state index in [9.17, 15) is 4.79 Å². The first-order valence-electron chi connectivity index (χ1n) is 8.15. The maximum absolute atomic E-state index is 13.1. The molecule has 0 fully saturated rings. The van der Waals surface area contributed by atoms with Crippen molar-refractivity contribution in [1.82, 2.24) is 19.7 Å². The fourth-order valence-electron chi connectivity index (χ4n) is 2.86. The van der Waals surface area contributed by atoms with Crippen molar-refractivity contribution in [2.24, 2.45) is 0 Å². The molecule has 3 heterocycles. The Kier molecular flexibility index (Phi) is 3.89. The van der Waals surface area contributed by atoms with Crippen molar-refractivity contribution < 1.29 is 9.53 Å². The van der Waals surface area contributed by atoms with Crippen LogP contribution in [-0.4, -0.2) is 38.3 Å². The molecule has 0 spiro atoms. The lowest BCUT2D eigenvalue weighted by Crippen LogP contribution is -2.43. The monoisotopic (exact) mass is 335 g/mol. The van der Waals surface area contributed by atoms with Gasteiger partial charge in [0.1, 0.15) is 24.5 Å². The third-order valence-corrected chi connectivity index (χ3v) is 4.18. The molecule has 1 aliphatic rings. The third kappa shape index (κ3) is 2.84. The number of carbonyl (C=O) groups excluding carboxylic acids is 1. The summed E-state index contributed by atoms with van der Waals surface area (Å²) in [4.78, 5) is 23.1. The summed E-state index contributed by atoms with van der Waals surface area (Å²) in [5, 5.41) is 4.06. The molecule has 1 aromatic carbocycles. The van der Waals surface area contributed by atoms with Crippen molar-refractivity contribution in [1.29, 1.82) is 0 Å². The Labute approximate surface area is 144 Å². The quantitative estimate of drug-likeness (QED) is 0.735. The van der Waals surface area contributed by atoms with E-state index in [1.165, 1.54) is 11.0 Å². The summed E-state index contributed by atoms with van der Waals surface area (Å²) < 4.78 is 7.48. The molecule has 4 rings (SSSR count). The van der Waals surface area contributed by atoms with Gasteiger partial charge in [0.05, 0.1) is 12.2 Å². The van der Waals surface area contributed by atoms with Gasteiger partial charge in [-0.15, -0.1) is 0 Å². The first-order valence-corrected chi connectivity index (χ1v) is 8.15. The van der Waals surface area contributed by atoms with Crippen LogP contribution in [0.25, 0.3) is 5.82 Å². The summed E-state index contributed by atoms with van der Waals surface area (Å²) in [5.74, 6) is 1.20. The zero-order valence-electron chi connectivity index (χ0n) is 13.7. The zero-order valence-corrected chi connectivity index (χ0v) is 13.7. The van der Waals surface area contributed by atoms with Gasteiger partial charge < -0.3 is 9.64 Å². The molecule has 1 atom stereocenters. The molecule has 0 bridgehead atoms. The van der Waals surface area contributed by atoms with Gasteiger partial charge in [0.15, 0.2) is 5.82 Å². The maximum Gasteiger partial charge on any atom is 0.258 e. The van der Waals surface area contributed by atoms with Crippen LogP contribution in [0.1, 0.15) is 23.7 Å². The number of pyridine rings is 1. The van der Waals surface area contributed by atoms with Crippen LogP contribution in [0.5, 0.6) is 5.75 Å². The highest BCUT2D eigenvalue weighted by molar-refractivity contribution is 6.07. The van der Waals surface area contributed by atoms with Crippen LogP contribution in [0.2, 0.25) is 0 Å². The molecule has 0 unspecified atom stereocenters.